The number of fused-ring (bicyclic) bond motifs is 1. The Labute approximate surface area is 104 Å². The molecule has 18 heavy (non-hydrogen) atoms. The number of hydroxylamine groups is 2. The summed E-state index contributed by atoms with van der Waals surface area (Å²) in [5, 5.41) is 1.91. The number of nitrogens with one attached hydrogen (secondary N) is 1. The van der Waals surface area contributed by atoms with Crippen LogP contribution in [0.4, 0.5) is 4.39 Å². The molecule has 0 atom stereocenters. The van der Waals surface area contributed by atoms with Crippen LogP contribution in [0.25, 0.3) is 10.9 Å². The van der Waals surface area contributed by atoms with Gasteiger partial charge in [0.1, 0.15) is 5.82 Å². The number of hydrogen-bond donors (Lipinski definition) is 1. The Morgan fingerprint density at radius 3 is 2.89 bits per heavy atom. The maximum atomic E-state index is 13.3. The fourth-order valence-corrected chi connectivity index (χ4v) is 1.95. The van der Waals surface area contributed by atoms with E-state index in [0.717, 1.165) is 27.2 Å². The number of halogens is 1. The highest BCUT2D eigenvalue weighted by Crippen LogP contribution is 2.23. The molecule has 2 aromatic rings. The second kappa shape index (κ2) is 4.78. The van der Waals surface area contributed by atoms with Crippen molar-refractivity contribution in [3.05, 3.63) is 35.3 Å². The van der Waals surface area contributed by atoms with Crippen LogP contribution in [-0.4, -0.2) is 30.1 Å². The zero-order valence-corrected chi connectivity index (χ0v) is 10.6. The normalized spacial score (nSPS) is 10.9. The predicted molar refractivity (Wildman–Crippen MR) is 66.5 cm³/mol. The third kappa shape index (κ3) is 2.22. The lowest BCUT2D eigenvalue weighted by molar-refractivity contribution is -0.167. The molecule has 1 amide bonds. The van der Waals surface area contributed by atoms with Crippen molar-refractivity contribution in [2.75, 3.05) is 14.2 Å². The first-order valence-electron chi connectivity index (χ1n) is 5.60. The summed E-state index contributed by atoms with van der Waals surface area (Å²) >= 11 is 0. The molecule has 2 rings (SSSR count). The molecule has 96 valence electrons. The number of H-pyrrole nitrogens is 1. The molecule has 0 aliphatic rings. The third-order valence-electron chi connectivity index (χ3n) is 3.03. The fraction of sp³-hybridized carbons (Fsp3) is 0.308. The standard InChI is InChI=1S/C13H15FN2O2/c1-8-10(7-13(17)16(2)18-3)11-6-9(14)4-5-12(11)15-8/h4-6,15H,7H2,1-3H3. The topological polar surface area (TPSA) is 45.3 Å². The van der Waals surface area contributed by atoms with Gasteiger partial charge in [0.25, 0.3) is 0 Å². The van der Waals surface area contributed by atoms with Gasteiger partial charge in [0.2, 0.25) is 5.91 Å². The lowest BCUT2D eigenvalue weighted by Gasteiger charge is -2.13. The molecule has 5 heteroatoms. The number of rotatable bonds is 3. The third-order valence-corrected chi connectivity index (χ3v) is 3.03. The van der Waals surface area contributed by atoms with E-state index in [-0.39, 0.29) is 18.1 Å². The van der Waals surface area contributed by atoms with Gasteiger partial charge >= 0.3 is 0 Å². The molecule has 0 spiro atoms. The van der Waals surface area contributed by atoms with Gasteiger partial charge in [-0.3, -0.25) is 9.63 Å². The van der Waals surface area contributed by atoms with Crippen LogP contribution in [-0.2, 0) is 16.1 Å². The Hall–Kier alpha value is -1.88. The number of nitrogens with zero attached hydrogens (tertiary/aromatic N) is 1. The number of carbonyl (C=O) groups is 1. The first kappa shape index (κ1) is 12.6. The molecule has 0 aliphatic heterocycles. The van der Waals surface area contributed by atoms with Gasteiger partial charge in [-0.05, 0) is 30.7 Å². The number of aryl methyl sites for hydroxylation is 1. The van der Waals surface area contributed by atoms with E-state index < -0.39 is 0 Å². The summed E-state index contributed by atoms with van der Waals surface area (Å²) in [4.78, 5) is 19.8. The number of aromatic amines is 1. The SMILES string of the molecule is CON(C)C(=O)Cc1c(C)[nH]c2ccc(F)cc12. The molecule has 4 nitrogen and oxygen atoms in total. The minimum absolute atomic E-state index is 0.175. The summed E-state index contributed by atoms with van der Waals surface area (Å²) in [5.41, 5.74) is 2.50. The molecule has 0 bridgehead atoms. The number of hydrogen-bond acceptors (Lipinski definition) is 2. The van der Waals surface area contributed by atoms with Crippen LogP contribution in [0, 0.1) is 12.7 Å². The van der Waals surface area contributed by atoms with Gasteiger partial charge in [0.05, 0.1) is 13.5 Å². The van der Waals surface area contributed by atoms with Crippen molar-refractivity contribution in [3.63, 3.8) is 0 Å². The molecule has 1 N–H and O–H groups in total. The van der Waals surface area contributed by atoms with Crippen LogP contribution in [0.3, 0.4) is 0 Å². The van der Waals surface area contributed by atoms with Crippen LogP contribution in [0.5, 0.6) is 0 Å². The van der Waals surface area contributed by atoms with Crippen molar-refractivity contribution in [1.29, 1.82) is 0 Å². The van der Waals surface area contributed by atoms with Crippen LogP contribution < -0.4 is 0 Å². The molecule has 0 aliphatic carbocycles. The van der Waals surface area contributed by atoms with Crippen LogP contribution in [0.1, 0.15) is 11.3 Å². The molecular formula is C13H15FN2O2. The summed E-state index contributed by atoms with van der Waals surface area (Å²) in [6.45, 7) is 1.87. The molecule has 1 aromatic carbocycles. The second-order valence-electron chi connectivity index (χ2n) is 4.17. The highest BCUT2D eigenvalue weighted by atomic mass is 19.1. The Morgan fingerprint density at radius 2 is 2.22 bits per heavy atom. The van der Waals surface area contributed by atoms with Crippen LogP contribution in [0.15, 0.2) is 18.2 Å². The van der Waals surface area contributed by atoms with Gasteiger partial charge in [0, 0.05) is 23.6 Å². The number of benzene rings is 1. The van der Waals surface area contributed by atoms with E-state index in [4.69, 9.17) is 4.84 Å². The largest absolute Gasteiger partial charge is 0.358 e. The van der Waals surface area contributed by atoms with Gasteiger partial charge in [0.15, 0.2) is 0 Å². The highest BCUT2D eigenvalue weighted by Gasteiger charge is 2.15. The smallest absolute Gasteiger partial charge is 0.250 e. The van der Waals surface area contributed by atoms with Gasteiger partial charge < -0.3 is 4.98 Å². The van der Waals surface area contributed by atoms with Gasteiger partial charge in [-0.2, -0.15) is 0 Å². The number of carbonyl (C=O) groups excluding carboxylic acids is 1. The number of amides is 1. The van der Waals surface area contributed by atoms with Gasteiger partial charge in [-0.1, -0.05) is 0 Å². The van der Waals surface area contributed by atoms with E-state index in [2.05, 4.69) is 4.98 Å². The zero-order chi connectivity index (χ0) is 13.3. The minimum atomic E-state index is -0.310. The van der Waals surface area contributed by atoms with E-state index in [0.29, 0.717) is 0 Å². The van der Waals surface area contributed by atoms with Crippen molar-refractivity contribution in [2.45, 2.75) is 13.3 Å². The summed E-state index contributed by atoms with van der Waals surface area (Å²) in [6.07, 6.45) is 0.180. The fourth-order valence-electron chi connectivity index (χ4n) is 1.95. The van der Waals surface area contributed by atoms with Crippen molar-refractivity contribution in [1.82, 2.24) is 10.0 Å². The minimum Gasteiger partial charge on any atom is -0.358 e. The summed E-state index contributed by atoms with van der Waals surface area (Å²) in [5.74, 6) is -0.485. The number of likely N-dealkylation sites (N-methyl/N-ethyl adjacent to an activating group) is 1. The first-order valence-corrected chi connectivity index (χ1v) is 5.60. The van der Waals surface area contributed by atoms with E-state index in [1.165, 1.54) is 19.2 Å². The number of aromatic nitrogens is 1. The average molecular weight is 250 g/mol. The quantitative estimate of drug-likeness (QED) is 0.849. The maximum Gasteiger partial charge on any atom is 0.250 e. The van der Waals surface area contributed by atoms with Gasteiger partial charge in [-0.25, -0.2) is 9.45 Å². The van der Waals surface area contributed by atoms with Crippen molar-refractivity contribution >= 4 is 16.8 Å². The van der Waals surface area contributed by atoms with Crippen molar-refractivity contribution in [2.24, 2.45) is 0 Å². The summed E-state index contributed by atoms with van der Waals surface area (Å²) in [6, 6.07) is 4.51. The summed E-state index contributed by atoms with van der Waals surface area (Å²) in [7, 11) is 2.98. The first-order chi connectivity index (χ1) is 8.52. The Morgan fingerprint density at radius 1 is 1.50 bits per heavy atom. The predicted octanol–water partition coefficient (Wildman–Crippen LogP) is 2.18. The van der Waals surface area contributed by atoms with Gasteiger partial charge in [-0.15, -0.1) is 0 Å². The highest BCUT2D eigenvalue weighted by molar-refractivity contribution is 5.89. The van der Waals surface area contributed by atoms with Crippen LogP contribution >= 0.6 is 0 Å². The Kier molecular flexibility index (Phi) is 3.34. The van der Waals surface area contributed by atoms with Crippen molar-refractivity contribution < 1.29 is 14.0 Å². The molecule has 1 aromatic heterocycles. The molecule has 0 saturated heterocycles. The van der Waals surface area contributed by atoms with Crippen molar-refractivity contribution in [3.8, 4) is 0 Å². The lowest BCUT2D eigenvalue weighted by atomic mass is 10.1. The van der Waals surface area contributed by atoms with Crippen LogP contribution in [0.2, 0.25) is 0 Å². The van der Waals surface area contributed by atoms with E-state index >= 15 is 0 Å². The molecule has 0 saturated carbocycles. The average Bonchev–Trinajstić information content (AvgIpc) is 2.65. The monoisotopic (exact) mass is 250 g/mol. The molecular weight excluding hydrogens is 235 g/mol. The van der Waals surface area contributed by atoms with E-state index in [1.807, 2.05) is 6.92 Å². The Bertz CT molecular complexity index is 592. The maximum absolute atomic E-state index is 13.3. The lowest BCUT2D eigenvalue weighted by Crippen LogP contribution is -2.27. The van der Waals surface area contributed by atoms with E-state index in [9.17, 15) is 9.18 Å². The molecule has 0 radical (unpaired) electrons. The Balaban J connectivity index is 2.41. The zero-order valence-electron chi connectivity index (χ0n) is 10.6. The summed E-state index contributed by atoms with van der Waals surface area (Å²) < 4.78 is 13.3. The van der Waals surface area contributed by atoms with E-state index in [1.54, 1.807) is 13.1 Å². The molecule has 1 heterocycles. The molecule has 0 fully saturated rings. The molecule has 0 unspecified atom stereocenters. The second-order valence-corrected chi connectivity index (χ2v) is 4.17.